The highest BCUT2D eigenvalue weighted by Gasteiger charge is 2.18. The molecule has 6 heteroatoms. The number of nitrogens with zero attached hydrogens (tertiary/aromatic N) is 1. The van der Waals surface area contributed by atoms with E-state index in [0.717, 1.165) is 16.5 Å². The molecule has 0 atom stereocenters. The molecular weight excluding hydrogens is 347 g/mol. The molecule has 0 spiro atoms. The van der Waals surface area contributed by atoms with E-state index in [9.17, 15) is 14.0 Å². The van der Waals surface area contributed by atoms with Gasteiger partial charge in [0.15, 0.2) is 0 Å². The third-order valence-corrected chi connectivity index (χ3v) is 4.47. The minimum absolute atomic E-state index is 0.138. The van der Waals surface area contributed by atoms with Crippen molar-refractivity contribution in [1.29, 1.82) is 0 Å². The molecule has 0 aliphatic carbocycles. The summed E-state index contributed by atoms with van der Waals surface area (Å²) in [5.41, 5.74) is 2.39. The Morgan fingerprint density at radius 2 is 1.93 bits per heavy atom. The van der Waals surface area contributed by atoms with Crippen LogP contribution >= 0.6 is 0 Å². The molecule has 0 radical (unpaired) electrons. The molecular formula is C21H21FN2O3. The van der Waals surface area contributed by atoms with Gasteiger partial charge in [-0.3, -0.25) is 9.59 Å². The number of aryl methyl sites for hydroxylation is 1. The van der Waals surface area contributed by atoms with Crippen LogP contribution in [0.3, 0.4) is 0 Å². The third kappa shape index (κ3) is 4.23. The molecule has 3 aromatic rings. The van der Waals surface area contributed by atoms with E-state index in [1.54, 1.807) is 13.2 Å². The average Bonchev–Trinajstić information content (AvgIpc) is 2.66. The standard InChI is InChI=1S/C21H21FN2O3/c1-14-4-3-5-16-12-17(20(25)23-19(14)16)13-24(10-11-27-2)21(26)15-6-8-18(22)9-7-15/h3-9,12H,10-11,13H2,1-2H3,(H,23,25). The smallest absolute Gasteiger partial charge is 0.254 e. The van der Waals surface area contributed by atoms with E-state index in [4.69, 9.17) is 4.74 Å². The fourth-order valence-electron chi connectivity index (χ4n) is 2.98. The summed E-state index contributed by atoms with van der Waals surface area (Å²) in [6, 6.07) is 12.9. The summed E-state index contributed by atoms with van der Waals surface area (Å²) in [4.78, 5) is 29.8. The van der Waals surface area contributed by atoms with Gasteiger partial charge in [0.2, 0.25) is 0 Å². The molecule has 3 rings (SSSR count). The maximum Gasteiger partial charge on any atom is 0.254 e. The molecule has 0 fully saturated rings. The molecule has 0 saturated carbocycles. The van der Waals surface area contributed by atoms with Crippen molar-refractivity contribution in [3.63, 3.8) is 0 Å². The van der Waals surface area contributed by atoms with Crippen LogP contribution in [-0.4, -0.2) is 36.1 Å². The average molecular weight is 368 g/mol. The molecule has 0 unspecified atom stereocenters. The quantitative estimate of drug-likeness (QED) is 0.726. The lowest BCUT2D eigenvalue weighted by Crippen LogP contribution is -2.35. The highest BCUT2D eigenvalue weighted by molar-refractivity contribution is 5.94. The molecule has 1 heterocycles. The molecule has 5 nitrogen and oxygen atoms in total. The SMILES string of the molecule is COCCN(Cc1cc2cccc(C)c2[nH]c1=O)C(=O)c1ccc(F)cc1. The number of fused-ring (bicyclic) bond motifs is 1. The third-order valence-electron chi connectivity index (χ3n) is 4.47. The first-order valence-corrected chi connectivity index (χ1v) is 8.65. The number of methoxy groups -OCH3 is 1. The Morgan fingerprint density at radius 3 is 2.63 bits per heavy atom. The van der Waals surface area contributed by atoms with Crippen LogP contribution in [0.5, 0.6) is 0 Å². The molecule has 1 amide bonds. The Balaban J connectivity index is 1.93. The topological polar surface area (TPSA) is 62.4 Å². The molecule has 0 aliphatic rings. The molecule has 0 aliphatic heterocycles. The van der Waals surface area contributed by atoms with Gasteiger partial charge < -0.3 is 14.6 Å². The maximum absolute atomic E-state index is 13.1. The zero-order chi connectivity index (χ0) is 19.4. The van der Waals surface area contributed by atoms with Gasteiger partial charge in [0, 0.05) is 24.8 Å². The molecule has 140 valence electrons. The predicted molar refractivity (Wildman–Crippen MR) is 102 cm³/mol. The van der Waals surface area contributed by atoms with Crippen molar-refractivity contribution in [3.05, 3.63) is 81.4 Å². The van der Waals surface area contributed by atoms with E-state index in [-0.39, 0.29) is 18.0 Å². The van der Waals surface area contributed by atoms with Crippen LogP contribution < -0.4 is 5.56 Å². The molecule has 27 heavy (non-hydrogen) atoms. The van der Waals surface area contributed by atoms with Crippen molar-refractivity contribution >= 4 is 16.8 Å². The largest absolute Gasteiger partial charge is 0.383 e. The van der Waals surface area contributed by atoms with Gasteiger partial charge in [0.1, 0.15) is 5.82 Å². The van der Waals surface area contributed by atoms with Crippen LogP contribution in [0.2, 0.25) is 0 Å². The monoisotopic (exact) mass is 368 g/mol. The number of rotatable bonds is 6. The number of ether oxygens (including phenoxy) is 1. The van der Waals surface area contributed by atoms with Crippen molar-refractivity contribution in [3.8, 4) is 0 Å². The van der Waals surface area contributed by atoms with E-state index in [1.165, 1.54) is 29.2 Å². The summed E-state index contributed by atoms with van der Waals surface area (Å²) in [6.07, 6.45) is 0. The number of nitrogens with one attached hydrogen (secondary N) is 1. The van der Waals surface area contributed by atoms with Gasteiger partial charge in [0.25, 0.3) is 11.5 Å². The second kappa shape index (κ2) is 8.14. The fraction of sp³-hybridized carbons (Fsp3) is 0.238. The number of carbonyl (C=O) groups excluding carboxylic acids is 1. The fourth-order valence-corrected chi connectivity index (χ4v) is 2.98. The van der Waals surface area contributed by atoms with Crippen molar-refractivity contribution in [2.75, 3.05) is 20.3 Å². The summed E-state index contributed by atoms with van der Waals surface area (Å²) in [6.45, 7) is 2.72. The summed E-state index contributed by atoms with van der Waals surface area (Å²) in [5, 5.41) is 0.908. The lowest BCUT2D eigenvalue weighted by atomic mass is 10.1. The van der Waals surface area contributed by atoms with Gasteiger partial charge in [-0.2, -0.15) is 0 Å². The lowest BCUT2D eigenvalue weighted by Gasteiger charge is -2.22. The van der Waals surface area contributed by atoms with Gasteiger partial charge in [-0.25, -0.2) is 4.39 Å². The van der Waals surface area contributed by atoms with Crippen LogP contribution in [0.1, 0.15) is 21.5 Å². The first kappa shape index (κ1) is 18.8. The number of pyridine rings is 1. The second-order valence-electron chi connectivity index (χ2n) is 6.39. The second-order valence-corrected chi connectivity index (χ2v) is 6.39. The minimum atomic E-state index is -0.406. The first-order chi connectivity index (χ1) is 13.0. The summed E-state index contributed by atoms with van der Waals surface area (Å²) >= 11 is 0. The Bertz CT molecular complexity index is 1010. The number of aromatic nitrogens is 1. The number of amides is 1. The number of halogens is 1. The number of para-hydroxylation sites is 1. The maximum atomic E-state index is 13.1. The normalized spacial score (nSPS) is 10.9. The van der Waals surface area contributed by atoms with Crippen LogP contribution in [0, 0.1) is 12.7 Å². The minimum Gasteiger partial charge on any atom is -0.383 e. The zero-order valence-corrected chi connectivity index (χ0v) is 15.3. The first-order valence-electron chi connectivity index (χ1n) is 8.65. The summed E-state index contributed by atoms with van der Waals surface area (Å²) in [7, 11) is 1.55. The van der Waals surface area contributed by atoms with Crippen LogP contribution in [0.15, 0.2) is 53.3 Å². The number of aromatic amines is 1. The van der Waals surface area contributed by atoms with E-state index in [0.29, 0.717) is 24.3 Å². The molecule has 1 N–H and O–H groups in total. The number of hydrogen-bond acceptors (Lipinski definition) is 3. The van der Waals surface area contributed by atoms with Crippen LogP contribution in [0.4, 0.5) is 4.39 Å². The van der Waals surface area contributed by atoms with Gasteiger partial charge in [0.05, 0.1) is 18.7 Å². The Kier molecular flexibility index (Phi) is 5.66. The number of benzene rings is 2. The molecule has 2 aromatic carbocycles. The summed E-state index contributed by atoms with van der Waals surface area (Å²) < 4.78 is 18.2. The molecule has 0 bridgehead atoms. The van der Waals surface area contributed by atoms with Gasteiger partial charge in [-0.05, 0) is 48.2 Å². The Labute approximate surface area is 156 Å². The van der Waals surface area contributed by atoms with E-state index in [1.807, 2.05) is 25.1 Å². The Hall–Kier alpha value is -2.99. The Morgan fingerprint density at radius 1 is 1.19 bits per heavy atom. The van der Waals surface area contributed by atoms with Crippen LogP contribution in [-0.2, 0) is 11.3 Å². The van der Waals surface area contributed by atoms with Crippen molar-refractivity contribution < 1.29 is 13.9 Å². The van der Waals surface area contributed by atoms with Gasteiger partial charge in [-0.1, -0.05) is 18.2 Å². The van der Waals surface area contributed by atoms with E-state index in [2.05, 4.69) is 4.98 Å². The predicted octanol–water partition coefficient (Wildman–Crippen LogP) is 3.26. The lowest BCUT2D eigenvalue weighted by molar-refractivity contribution is 0.0679. The van der Waals surface area contributed by atoms with Gasteiger partial charge in [-0.15, -0.1) is 0 Å². The van der Waals surface area contributed by atoms with Crippen LogP contribution in [0.25, 0.3) is 10.9 Å². The number of H-pyrrole nitrogens is 1. The molecule has 1 aromatic heterocycles. The number of hydrogen-bond donors (Lipinski definition) is 1. The zero-order valence-electron chi connectivity index (χ0n) is 15.3. The number of carbonyl (C=O) groups is 1. The van der Waals surface area contributed by atoms with E-state index >= 15 is 0 Å². The molecule has 0 saturated heterocycles. The van der Waals surface area contributed by atoms with E-state index < -0.39 is 5.82 Å². The van der Waals surface area contributed by atoms with Crippen molar-refractivity contribution in [2.24, 2.45) is 0 Å². The van der Waals surface area contributed by atoms with Crippen molar-refractivity contribution in [1.82, 2.24) is 9.88 Å². The highest BCUT2D eigenvalue weighted by atomic mass is 19.1. The van der Waals surface area contributed by atoms with Gasteiger partial charge >= 0.3 is 0 Å². The highest BCUT2D eigenvalue weighted by Crippen LogP contribution is 2.16. The summed E-state index contributed by atoms with van der Waals surface area (Å²) in [5.74, 6) is -0.688. The van der Waals surface area contributed by atoms with Crippen molar-refractivity contribution in [2.45, 2.75) is 13.5 Å².